The molecule has 1 fully saturated rings. The maximum Gasteiger partial charge on any atom is 0.220 e. The largest absolute Gasteiger partial charge is 0.353 e. The van der Waals surface area contributed by atoms with E-state index in [1.54, 1.807) is 0 Å². The smallest absolute Gasteiger partial charge is 0.220 e. The Labute approximate surface area is 145 Å². The minimum Gasteiger partial charge on any atom is -0.353 e. The molecule has 24 heavy (non-hydrogen) atoms. The van der Waals surface area contributed by atoms with E-state index in [1.807, 2.05) is 0 Å². The molecule has 1 N–H and O–H groups in total. The second kappa shape index (κ2) is 8.47. The third kappa shape index (κ3) is 4.69. The summed E-state index contributed by atoms with van der Waals surface area (Å²) in [4.78, 5) is 14.5. The maximum atomic E-state index is 12.1. The molecule has 0 bridgehead atoms. The highest BCUT2D eigenvalue weighted by Gasteiger charge is 2.18. The summed E-state index contributed by atoms with van der Waals surface area (Å²) < 4.78 is 2.14. The lowest BCUT2D eigenvalue weighted by molar-refractivity contribution is -0.121. The summed E-state index contributed by atoms with van der Waals surface area (Å²) in [6.07, 6.45) is 11.5. The molecule has 1 aromatic heterocycles. The normalized spacial score (nSPS) is 19.5. The fraction of sp³-hybridized carbons (Fsp3) is 0.684. The maximum absolute atomic E-state index is 12.1. The number of carbonyl (C=O) groups is 1. The quantitative estimate of drug-likeness (QED) is 0.816. The summed E-state index contributed by atoms with van der Waals surface area (Å²) in [5, 5.41) is 7.88. The van der Waals surface area contributed by atoms with Crippen LogP contribution >= 0.6 is 0 Å². The number of aromatic nitrogens is 2. The highest BCUT2D eigenvalue weighted by molar-refractivity contribution is 5.76. The molecule has 132 valence electrons. The molecule has 2 aliphatic rings. The van der Waals surface area contributed by atoms with Gasteiger partial charge in [0.25, 0.3) is 0 Å². The third-order valence-electron chi connectivity index (χ3n) is 5.07. The van der Waals surface area contributed by atoms with Gasteiger partial charge in [-0.25, -0.2) is 0 Å². The molecule has 5 heteroatoms. The van der Waals surface area contributed by atoms with Gasteiger partial charge >= 0.3 is 0 Å². The molecule has 0 aromatic carbocycles. The van der Waals surface area contributed by atoms with E-state index in [1.165, 1.54) is 18.5 Å². The highest BCUT2D eigenvalue weighted by atomic mass is 16.1. The average molecular weight is 330 g/mol. The average Bonchev–Trinajstić information content (AvgIpc) is 3.17. The number of amides is 1. The van der Waals surface area contributed by atoms with Crippen LogP contribution in [0.1, 0.15) is 56.8 Å². The van der Waals surface area contributed by atoms with E-state index < -0.39 is 0 Å². The molecular weight excluding hydrogens is 300 g/mol. The standard InChI is InChI=1S/C19H30N4O/c1-2-3-11-22-12-6-13-23-18(15-22)14-17(21-23)9-10-19(24)20-16-7-4-5-8-16/h2-3,14,16H,4-13,15H2,1H3,(H,20,24). The fourth-order valence-corrected chi connectivity index (χ4v) is 3.73. The van der Waals surface area contributed by atoms with Crippen LogP contribution in [0.2, 0.25) is 0 Å². The monoisotopic (exact) mass is 330 g/mol. The zero-order valence-corrected chi connectivity index (χ0v) is 14.8. The molecule has 1 aliphatic carbocycles. The molecular formula is C19H30N4O. The third-order valence-corrected chi connectivity index (χ3v) is 5.07. The number of nitrogens with one attached hydrogen (secondary N) is 1. The Morgan fingerprint density at radius 1 is 1.33 bits per heavy atom. The lowest BCUT2D eigenvalue weighted by atomic mass is 10.2. The first-order chi connectivity index (χ1) is 11.7. The Morgan fingerprint density at radius 2 is 2.17 bits per heavy atom. The van der Waals surface area contributed by atoms with Gasteiger partial charge in [-0.1, -0.05) is 25.0 Å². The van der Waals surface area contributed by atoms with Crippen molar-refractivity contribution < 1.29 is 4.79 Å². The van der Waals surface area contributed by atoms with E-state index >= 15 is 0 Å². The van der Waals surface area contributed by atoms with Crippen molar-refractivity contribution in [3.8, 4) is 0 Å². The molecule has 0 spiro atoms. The molecule has 2 heterocycles. The second-order valence-electron chi connectivity index (χ2n) is 7.06. The van der Waals surface area contributed by atoms with E-state index in [0.29, 0.717) is 12.5 Å². The first-order valence-corrected chi connectivity index (χ1v) is 9.43. The fourth-order valence-electron chi connectivity index (χ4n) is 3.73. The van der Waals surface area contributed by atoms with Crippen LogP contribution in [0.15, 0.2) is 18.2 Å². The topological polar surface area (TPSA) is 50.2 Å². The van der Waals surface area contributed by atoms with Crippen molar-refractivity contribution in [1.29, 1.82) is 0 Å². The van der Waals surface area contributed by atoms with Gasteiger partial charge in [-0.2, -0.15) is 5.10 Å². The van der Waals surface area contributed by atoms with Gasteiger partial charge in [0.2, 0.25) is 5.91 Å². The minimum absolute atomic E-state index is 0.180. The van der Waals surface area contributed by atoms with Crippen molar-refractivity contribution in [2.45, 2.75) is 71.0 Å². The van der Waals surface area contributed by atoms with E-state index in [4.69, 9.17) is 5.10 Å². The molecule has 3 rings (SSSR count). The summed E-state index contributed by atoms with van der Waals surface area (Å²) in [6.45, 7) is 6.12. The summed E-state index contributed by atoms with van der Waals surface area (Å²) in [5.41, 5.74) is 2.34. The van der Waals surface area contributed by atoms with Gasteiger partial charge in [0.15, 0.2) is 0 Å². The predicted octanol–water partition coefficient (Wildman–Crippen LogP) is 2.66. The zero-order valence-electron chi connectivity index (χ0n) is 14.8. The van der Waals surface area contributed by atoms with Gasteiger partial charge in [0.05, 0.1) is 11.4 Å². The van der Waals surface area contributed by atoms with Gasteiger partial charge in [-0.05, 0) is 32.3 Å². The SMILES string of the molecule is CC=CCN1CCCn2nc(CCC(=O)NC3CCCC3)cc2C1. The van der Waals surface area contributed by atoms with Crippen molar-refractivity contribution in [2.75, 3.05) is 13.1 Å². The molecule has 1 amide bonds. The lowest BCUT2D eigenvalue weighted by Gasteiger charge is -2.16. The molecule has 1 saturated carbocycles. The number of rotatable bonds is 6. The van der Waals surface area contributed by atoms with Gasteiger partial charge in [0, 0.05) is 45.1 Å². The number of nitrogens with zero attached hydrogens (tertiary/aromatic N) is 3. The lowest BCUT2D eigenvalue weighted by Crippen LogP contribution is -2.32. The summed E-state index contributed by atoms with van der Waals surface area (Å²) in [6, 6.07) is 2.60. The van der Waals surface area contributed by atoms with E-state index in [2.05, 4.69) is 40.0 Å². The Hall–Kier alpha value is -1.62. The molecule has 1 aromatic rings. The molecule has 0 radical (unpaired) electrons. The van der Waals surface area contributed by atoms with Crippen LogP contribution < -0.4 is 5.32 Å². The van der Waals surface area contributed by atoms with Crippen molar-refractivity contribution in [3.05, 3.63) is 29.6 Å². The van der Waals surface area contributed by atoms with Gasteiger partial charge in [0.1, 0.15) is 0 Å². The van der Waals surface area contributed by atoms with Gasteiger partial charge in [-0.3, -0.25) is 14.4 Å². The van der Waals surface area contributed by atoms with Crippen LogP contribution in [0.25, 0.3) is 0 Å². The Bertz CT molecular complexity index is 572. The van der Waals surface area contributed by atoms with Crippen molar-refractivity contribution >= 4 is 5.91 Å². The highest BCUT2D eigenvalue weighted by Crippen LogP contribution is 2.18. The minimum atomic E-state index is 0.180. The van der Waals surface area contributed by atoms with Crippen LogP contribution in [0.4, 0.5) is 0 Å². The van der Waals surface area contributed by atoms with Crippen LogP contribution in [0.5, 0.6) is 0 Å². The number of allylic oxidation sites excluding steroid dienone is 1. The number of hydrogen-bond acceptors (Lipinski definition) is 3. The van der Waals surface area contributed by atoms with E-state index in [0.717, 1.165) is 57.6 Å². The van der Waals surface area contributed by atoms with Crippen molar-refractivity contribution in [3.63, 3.8) is 0 Å². The van der Waals surface area contributed by atoms with E-state index in [-0.39, 0.29) is 5.91 Å². The molecule has 5 nitrogen and oxygen atoms in total. The Morgan fingerprint density at radius 3 is 2.96 bits per heavy atom. The number of carbonyl (C=O) groups excluding carboxylic acids is 1. The first kappa shape index (κ1) is 17.2. The number of aryl methyl sites for hydroxylation is 2. The van der Waals surface area contributed by atoms with Crippen LogP contribution in [-0.4, -0.2) is 39.7 Å². The number of hydrogen-bond donors (Lipinski definition) is 1. The summed E-state index contributed by atoms with van der Waals surface area (Å²) >= 11 is 0. The van der Waals surface area contributed by atoms with Crippen LogP contribution in [-0.2, 0) is 24.3 Å². The molecule has 0 saturated heterocycles. The molecule has 1 aliphatic heterocycles. The van der Waals surface area contributed by atoms with E-state index in [9.17, 15) is 4.79 Å². The number of fused-ring (bicyclic) bond motifs is 1. The summed E-state index contributed by atoms with van der Waals surface area (Å²) in [5.74, 6) is 0.180. The second-order valence-corrected chi connectivity index (χ2v) is 7.06. The van der Waals surface area contributed by atoms with Gasteiger partial charge in [-0.15, -0.1) is 0 Å². The first-order valence-electron chi connectivity index (χ1n) is 9.43. The van der Waals surface area contributed by atoms with Crippen molar-refractivity contribution in [2.24, 2.45) is 0 Å². The van der Waals surface area contributed by atoms with Crippen LogP contribution in [0, 0.1) is 0 Å². The molecule has 0 unspecified atom stereocenters. The Balaban J connectivity index is 1.51. The molecule has 0 atom stereocenters. The van der Waals surface area contributed by atoms with Crippen LogP contribution in [0.3, 0.4) is 0 Å². The Kier molecular flexibility index (Phi) is 6.07. The predicted molar refractivity (Wildman–Crippen MR) is 95.7 cm³/mol. The zero-order chi connectivity index (χ0) is 16.8. The van der Waals surface area contributed by atoms with Gasteiger partial charge < -0.3 is 5.32 Å². The summed E-state index contributed by atoms with van der Waals surface area (Å²) in [7, 11) is 0. The van der Waals surface area contributed by atoms with Crippen molar-refractivity contribution in [1.82, 2.24) is 20.0 Å².